The quantitative estimate of drug-likeness (QED) is 0.512. The highest BCUT2D eigenvalue weighted by Crippen LogP contribution is 2.31. The van der Waals surface area contributed by atoms with Gasteiger partial charge in [-0.2, -0.15) is 5.10 Å². The molecule has 1 aliphatic rings. The predicted octanol–water partition coefficient (Wildman–Crippen LogP) is 3.89. The monoisotopic (exact) mass is 398 g/mol. The minimum absolute atomic E-state index is 0.0188. The molecule has 0 saturated heterocycles. The van der Waals surface area contributed by atoms with Crippen LogP contribution in [0.3, 0.4) is 0 Å². The Morgan fingerprint density at radius 3 is 2.47 bits per heavy atom. The van der Waals surface area contributed by atoms with Crippen LogP contribution in [0.5, 0.6) is 5.75 Å². The van der Waals surface area contributed by atoms with E-state index < -0.39 is 0 Å². The van der Waals surface area contributed by atoms with Gasteiger partial charge in [-0.25, -0.2) is 4.68 Å². The fraction of sp³-hybridized carbons (Fsp3) is 0.167. The Hall–Kier alpha value is -3.80. The summed E-state index contributed by atoms with van der Waals surface area (Å²) in [5.41, 5.74) is 4.19. The Bertz CT molecular complexity index is 1180. The zero-order valence-corrected chi connectivity index (χ0v) is 16.7. The van der Waals surface area contributed by atoms with Gasteiger partial charge in [0.1, 0.15) is 11.6 Å². The van der Waals surface area contributed by atoms with Gasteiger partial charge >= 0.3 is 0 Å². The Morgan fingerprint density at radius 1 is 0.967 bits per heavy atom. The first-order chi connectivity index (χ1) is 14.7. The van der Waals surface area contributed by atoms with Crippen LogP contribution in [0.1, 0.15) is 16.8 Å². The van der Waals surface area contributed by atoms with E-state index >= 15 is 0 Å². The number of hydrogen-bond donors (Lipinski definition) is 0. The molecule has 0 bridgehead atoms. The van der Waals surface area contributed by atoms with Crippen molar-refractivity contribution in [1.29, 1.82) is 0 Å². The molecule has 0 unspecified atom stereocenters. The number of carbonyl (C=O) groups is 1. The minimum atomic E-state index is -0.0437. The van der Waals surface area contributed by atoms with Gasteiger partial charge in [-0.1, -0.05) is 36.4 Å². The van der Waals surface area contributed by atoms with E-state index in [-0.39, 0.29) is 12.5 Å². The van der Waals surface area contributed by atoms with Gasteiger partial charge in [0.15, 0.2) is 6.61 Å². The van der Waals surface area contributed by atoms with E-state index in [1.54, 1.807) is 4.90 Å². The number of hydrogen-bond acceptors (Lipinski definition) is 3. The predicted molar refractivity (Wildman–Crippen MR) is 114 cm³/mol. The van der Waals surface area contributed by atoms with Gasteiger partial charge in [0.05, 0.1) is 24.5 Å². The minimum Gasteiger partial charge on any atom is -0.484 e. The summed E-state index contributed by atoms with van der Waals surface area (Å²) in [5.74, 6) is 1.63. The number of fused-ring (bicyclic) bond motifs is 1. The average Bonchev–Trinajstić information content (AvgIpc) is 3.49. The highest BCUT2D eigenvalue weighted by atomic mass is 16.5. The van der Waals surface area contributed by atoms with Crippen molar-refractivity contribution in [2.75, 3.05) is 6.61 Å². The fourth-order valence-corrected chi connectivity index (χ4v) is 3.84. The van der Waals surface area contributed by atoms with E-state index in [9.17, 15) is 4.79 Å². The van der Waals surface area contributed by atoms with E-state index in [4.69, 9.17) is 9.84 Å². The lowest BCUT2D eigenvalue weighted by atomic mass is 10.2. The van der Waals surface area contributed by atoms with Crippen molar-refractivity contribution in [3.8, 4) is 17.3 Å². The summed E-state index contributed by atoms with van der Waals surface area (Å²) in [6, 6.07) is 21.6. The average molecular weight is 398 g/mol. The Balaban J connectivity index is 1.43. The summed E-state index contributed by atoms with van der Waals surface area (Å²) in [6.45, 7) is 3.11. The normalized spacial score (nSPS) is 12.8. The van der Waals surface area contributed by atoms with Gasteiger partial charge < -0.3 is 14.2 Å². The molecule has 1 aliphatic heterocycles. The lowest BCUT2D eigenvalue weighted by molar-refractivity contribution is -0.134. The van der Waals surface area contributed by atoms with Crippen molar-refractivity contribution in [1.82, 2.24) is 19.2 Å². The smallest absolute Gasteiger partial charge is 0.261 e. The van der Waals surface area contributed by atoms with Crippen LogP contribution in [-0.4, -0.2) is 31.8 Å². The summed E-state index contributed by atoms with van der Waals surface area (Å²) >= 11 is 0. The molecule has 0 saturated carbocycles. The lowest BCUT2D eigenvalue weighted by Crippen LogP contribution is -2.31. The SMILES string of the molecule is Cc1ccccc1-n1nc2c(c1-n1cccc1)CN(C(=O)COc1ccccc1)C2. The first kappa shape index (κ1) is 18.2. The number of nitrogens with zero attached hydrogens (tertiary/aromatic N) is 4. The van der Waals surface area contributed by atoms with Gasteiger partial charge in [-0.05, 0) is 42.8 Å². The number of ether oxygens (including phenoxy) is 1. The first-order valence-corrected chi connectivity index (χ1v) is 9.96. The maximum absolute atomic E-state index is 12.8. The number of carbonyl (C=O) groups excluding carboxylic acids is 1. The number of aryl methyl sites for hydroxylation is 1. The van der Waals surface area contributed by atoms with Crippen LogP contribution in [0.15, 0.2) is 79.1 Å². The number of para-hydroxylation sites is 2. The van der Waals surface area contributed by atoms with E-state index in [1.165, 1.54) is 0 Å². The molecule has 2 aromatic carbocycles. The second-order valence-electron chi connectivity index (χ2n) is 7.39. The molecule has 30 heavy (non-hydrogen) atoms. The number of rotatable bonds is 5. The lowest BCUT2D eigenvalue weighted by Gasteiger charge is -2.18. The Labute approximate surface area is 174 Å². The van der Waals surface area contributed by atoms with Gasteiger partial charge in [0.25, 0.3) is 5.91 Å². The third kappa shape index (κ3) is 3.26. The van der Waals surface area contributed by atoms with Crippen molar-refractivity contribution in [3.05, 3.63) is 95.9 Å². The van der Waals surface area contributed by atoms with Crippen LogP contribution in [0, 0.1) is 6.92 Å². The molecular formula is C24H22N4O2. The molecule has 1 amide bonds. The summed E-state index contributed by atoms with van der Waals surface area (Å²) in [5, 5.41) is 4.89. The van der Waals surface area contributed by atoms with Gasteiger partial charge in [-0.15, -0.1) is 0 Å². The molecule has 2 aromatic heterocycles. The third-order valence-electron chi connectivity index (χ3n) is 5.38. The summed E-state index contributed by atoms with van der Waals surface area (Å²) in [7, 11) is 0. The Kier molecular flexibility index (Phi) is 4.59. The van der Waals surface area contributed by atoms with Crippen molar-refractivity contribution >= 4 is 5.91 Å². The fourth-order valence-electron chi connectivity index (χ4n) is 3.84. The van der Waals surface area contributed by atoms with E-state index in [1.807, 2.05) is 71.7 Å². The van der Waals surface area contributed by atoms with Crippen LogP contribution >= 0.6 is 0 Å². The maximum atomic E-state index is 12.8. The molecule has 5 rings (SSSR count). The molecule has 6 nitrogen and oxygen atoms in total. The topological polar surface area (TPSA) is 52.3 Å². The molecule has 0 atom stereocenters. The molecule has 0 N–H and O–H groups in total. The first-order valence-electron chi connectivity index (χ1n) is 9.96. The van der Waals surface area contributed by atoms with Gasteiger partial charge in [0, 0.05) is 18.0 Å². The molecule has 6 heteroatoms. The number of aromatic nitrogens is 3. The van der Waals surface area contributed by atoms with Crippen molar-refractivity contribution in [2.45, 2.75) is 20.0 Å². The van der Waals surface area contributed by atoms with Crippen molar-refractivity contribution in [3.63, 3.8) is 0 Å². The van der Waals surface area contributed by atoms with Crippen LogP contribution in [0.2, 0.25) is 0 Å². The van der Waals surface area contributed by atoms with E-state index in [0.717, 1.165) is 28.3 Å². The zero-order chi connectivity index (χ0) is 20.5. The second kappa shape index (κ2) is 7.55. The number of amides is 1. The zero-order valence-electron chi connectivity index (χ0n) is 16.7. The van der Waals surface area contributed by atoms with E-state index in [0.29, 0.717) is 18.8 Å². The van der Waals surface area contributed by atoms with Crippen LogP contribution in [-0.2, 0) is 17.9 Å². The highest BCUT2D eigenvalue weighted by molar-refractivity contribution is 5.78. The van der Waals surface area contributed by atoms with Crippen molar-refractivity contribution in [2.24, 2.45) is 0 Å². The van der Waals surface area contributed by atoms with Crippen molar-refractivity contribution < 1.29 is 9.53 Å². The van der Waals surface area contributed by atoms with Gasteiger partial charge in [0.2, 0.25) is 0 Å². The number of benzene rings is 2. The summed E-state index contributed by atoms with van der Waals surface area (Å²) < 4.78 is 9.70. The Morgan fingerprint density at radius 2 is 1.70 bits per heavy atom. The molecule has 0 aliphatic carbocycles. The molecule has 4 aromatic rings. The largest absolute Gasteiger partial charge is 0.484 e. The van der Waals surface area contributed by atoms with Crippen LogP contribution in [0.25, 0.3) is 11.5 Å². The summed E-state index contributed by atoms with van der Waals surface area (Å²) in [4.78, 5) is 14.6. The third-order valence-corrected chi connectivity index (χ3v) is 5.38. The van der Waals surface area contributed by atoms with E-state index in [2.05, 4.69) is 23.6 Å². The molecule has 3 heterocycles. The maximum Gasteiger partial charge on any atom is 0.261 e. The van der Waals surface area contributed by atoms with Crippen LogP contribution in [0.4, 0.5) is 0 Å². The highest BCUT2D eigenvalue weighted by Gasteiger charge is 2.31. The van der Waals surface area contributed by atoms with Crippen LogP contribution < -0.4 is 4.74 Å². The standard InChI is InChI=1S/C24H22N4O2/c1-18-9-5-6-12-22(18)28-24(26-13-7-8-14-26)20-15-27(16-21(20)25-28)23(29)17-30-19-10-3-2-4-11-19/h2-14H,15-17H2,1H3. The molecule has 0 spiro atoms. The van der Waals surface area contributed by atoms with Gasteiger partial charge in [-0.3, -0.25) is 4.79 Å². The molecule has 150 valence electrons. The molecule has 0 radical (unpaired) electrons. The summed E-state index contributed by atoms with van der Waals surface area (Å²) in [6.07, 6.45) is 4.02. The molecular weight excluding hydrogens is 376 g/mol. The second-order valence-corrected chi connectivity index (χ2v) is 7.39. The molecule has 0 fully saturated rings.